The molecule has 0 unspecified atom stereocenters. The fourth-order valence-electron chi connectivity index (χ4n) is 4.15. The van der Waals surface area contributed by atoms with Gasteiger partial charge in [0.15, 0.2) is 0 Å². The molecule has 0 saturated carbocycles. The van der Waals surface area contributed by atoms with E-state index in [2.05, 4.69) is 10.7 Å². The Hall–Kier alpha value is -3.87. The van der Waals surface area contributed by atoms with Crippen LogP contribution in [-0.2, 0) is 9.59 Å². The van der Waals surface area contributed by atoms with Crippen molar-refractivity contribution in [1.82, 2.24) is 9.58 Å². The second kappa shape index (κ2) is 9.32. The number of rotatable bonds is 6. The van der Waals surface area contributed by atoms with E-state index in [-0.39, 0.29) is 30.2 Å². The van der Waals surface area contributed by atoms with E-state index in [9.17, 15) is 14.4 Å². The third-order valence-electron chi connectivity index (χ3n) is 6.18. The van der Waals surface area contributed by atoms with Crippen LogP contribution in [0.3, 0.4) is 0 Å². The van der Waals surface area contributed by atoms with Crippen molar-refractivity contribution < 1.29 is 14.4 Å². The molecule has 1 aliphatic heterocycles. The Morgan fingerprint density at radius 3 is 2.21 bits per heavy atom. The van der Waals surface area contributed by atoms with E-state index in [4.69, 9.17) is 0 Å². The van der Waals surface area contributed by atoms with Crippen molar-refractivity contribution >= 4 is 23.4 Å². The molecule has 1 saturated heterocycles. The van der Waals surface area contributed by atoms with Gasteiger partial charge in [-0.1, -0.05) is 30.3 Å². The predicted octanol–water partition coefficient (Wildman–Crippen LogP) is 4.04. The minimum atomic E-state index is -0.411. The number of amides is 3. The molecule has 1 fully saturated rings. The van der Waals surface area contributed by atoms with Crippen LogP contribution in [0.4, 0.5) is 5.69 Å². The fraction of sp³-hybridized carbons (Fsp3) is 0.269. The number of aromatic nitrogens is 1. The van der Waals surface area contributed by atoms with Gasteiger partial charge in [0, 0.05) is 35.6 Å². The first-order valence-electron chi connectivity index (χ1n) is 11.0. The molecule has 2 aromatic carbocycles. The highest BCUT2D eigenvalue weighted by atomic mass is 16.2. The van der Waals surface area contributed by atoms with Gasteiger partial charge in [-0.25, -0.2) is 0 Å². The first-order valence-corrected chi connectivity index (χ1v) is 11.0. The highest BCUT2D eigenvalue weighted by molar-refractivity contribution is 6.01. The average molecular weight is 445 g/mol. The number of benzene rings is 2. The van der Waals surface area contributed by atoms with E-state index in [1.165, 1.54) is 0 Å². The number of anilines is 1. The molecule has 2 N–H and O–H groups in total. The standard InChI is InChI=1S/C26H28N4O3/c1-17-9-10-18(2)30(17)28-26(33)21-11-13-23(14-12-21)27-25(32)22-15-24(31)29(16-22)19(3)20-7-5-4-6-8-20/h4-14,19,22H,15-16H2,1-3H3,(H,27,32)(H,28,33)/t19-,22+/m1/s1. The summed E-state index contributed by atoms with van der Waals surface area (Å²) in [5.74, 6) is -0.857. The van der Waals surface area contributed by atoms with Gasteiger partial charge in [0.25, 0.3) is 5.91 Å². The summed E-state index contributed by atoms with van der Waals surface area (Å²) < 4.78 is 1.73. The van der Waals surface area contributed by atoms with Crippen LogP contribution in [0.2, 0.25) is 0 Å². The van der Waals surface area contributed by atoms with Gasteiger partial charge in [-0.3, -0.25) is 24.5 Å². The van der Waals surface area contributed by atoms with Gasteiger partial charge in [0.05, 0.1) is 12.0 Å². The SMILES string of the molecule is Cc1ccc(C)n1NC(=O)c1ccc(NC(=O)[C@H]2CC(=O)N([C@H](C)c3ccccc3)C2)cc1. The number of hydrogen-bond acceptors (Lipinski definition) is 3. The number of nitrogens with zero attached hydrogens (tertiary/aromatic N) is 2. The second-order valence-corrected chi connectivity index (χ2v) is 8.49. The highest BCUT2D eigenvalue weighted by Gasteiger charge is 2.37. The van der Waals surface area contributed by atoms with E-state index in [1.54, 1.807) is 33.8 Å². The maximum absolute atomic E-state index is 12.8. The van der Waals surface area contributed by atoms with Crippen molar-refractivity contribution in [3.05, 3.63) is 89.2 Å². The van der Waals surface area contributed by atoms with E-state index in [1.807, 2.05) is 63.2 Å². The lowest BCUT2D eigenvalue weighted by Crippen LogP contribution is -2.30. The molecule has 3 aromatic rings. The molecule has 1 aromatic heterocycles. The molecule has 170 valence electrons. The van der Waals surface area contributed by atoms with Gasteiger partial charge >= 0.3 is 0 Å². The Morgan fingerprint density at radius 1 is 0.939 bits per heavy atom. The quantitative estimate of drug-likeness (QED) is 0.602. The normalized spacial score (nSPS) is 16.5. The molecule has 0 bridgehead atoms. The maximum atomic E-state index is 12.8. The summed E-state index contributed by atoms with van der Waals surface area (Å²) in [6, 6.07) is 20.3. The minimum absolute atomic E-state index is 0.0193. The van der Waals surface area contributed by atoms with Crippen molar-refractivity contribution in [2.24, 2.45) is 5.92 Å². The topological polar surface area (TPSA) is 83.4 Å². The minimum Gasteiger partial charge on any atom is -0.335 e. The van der Waals surface area contributed by atoms with Gasteiger partial charge in [0.2, 0.25) is 11.8 Å². The molecule has 33 heavy (non-hydrogen) atoms. The third-order valence-corrected chi connectivity index (χ3v) is 6.18. The van der Waals surface area contributed by atoms with E-state index < -0.39 is 5.92 Å². The van der Waals surface area contributed by atoms with E-state index in [0.717, 1.165) is 17.0 Å². The van der Waals surface area contributed by atoms with Crippen LogP contribution in [0.5, 0.6) is 0 Å². The van der Waals surface area contributed by atoms with Crippen molar-refractivity contribution in [3.63, 3.8) is 0 Å². The molecule has 4 rings (SSSR count). The molecule has 3 amide bonds. The van der Waals surface area contributed by atoms with Crippen molar-refractivity contribution in [2.75, 3.05) is 17.3 Å². The Morgan fingerprint density at radius 2 is 1.58 bits per heavy atom. The average Bonchev–Trinajstić information content (AvgIpc) is 3.36. The molecule has 0 aliphatic carbocycles. The zero-order chi connectivity index (χ0) is 23.5. The fourth-order valence-corrected chi connectivity index (χ4v) is 4.15. The molecular formula is C26H28N4O3. The van der Waals surface area contributed by atoms with Crippen LogP contribution in [-0.4, -0.2) is 33.8 Å². The van der Waals surface area contributed by atoms with E-state index >= 15 is 0 Å². The molecule has 0 spiro atoms. The van der Waals surface area contributed by atoms with Crippen LogP contribution < -0.4 is 10.7 Å². The molecule has 0 radical (unpaired) electrons. The molecule has 2 atom stereocenters. The molecule has 1 aliphatic rings. The summed E-state index contributed by atoms with van der Waals surface area (Å²) >= 11 is 0. The van der Waals surface area contributed by atoms with Crippen LogP contribution in [0, 0.1) is 19.8 Å². The van der Waals surface area contributed by atoms with Crippen LogP contribution in [0.15, 0.2) is 66.7 Å². The molecular weight excluding hydrogens is 416 g/mol. The van der Waals surface area contributed by atoms with Crippen LogP contribution in [0.25, 0.3) is 0 Å². The number of nitrogens with one attached hydrogen (secondary N) is 2. The third kappa shape index (κ3) is 4.82. The lowest BCUT2D eigenvalue weighted by Gasteiger charge is -2.25. The lowest BCUT2D eigenvalue weighted by molar-refractivity contribution is -0.129. The maximum Gasteiger partial charge on any atom is 0.270 e. The van der Waals surface area contributed by atoms with Gasteiger partial charge in [-0.05, 0) is 62.7 Å². The monoisotopic (exact) mass is 444 g/mol. The van der Waals surface area contributed by atoms with Crippen LogP contribution in [0.1, 0.15) is 46.7 Å². The largest absolute Gasteiger partial charge is 0.335 e. The van der Waals surface area contributed by atoms with Gasteiger partial charge in [0.1, 0.15) is 0 Å². The molecule has 7 heteroatoms. The Kier molecular flexibility index (Phi) is 6.31. The predicted molar refractivity (Wildman–Crippen MR) is 127 cm³/mol. The first kappa shape index (κ1) is 22.3. The smallest absolute Gasteiger partial charge is 0.270 e. The highest BCUT2D eigenvalue weighted by Crippen LogP contribution is 2.29. The van der Waals surface area contributed by atoms with Gasteiger partial charge in [-0.15, -0.1) is 0 Å². The van der Waals surface area contributed by atoms with Crippen molar-refractivity contribution in [3.8, 4) is 0 Å². The van der Waals surface area contributed by atoms with Gasteiger partial charge in [-0.2, -0.15) is 0 Å². The Bertz CT molecular complexity index is 1150. The number of carbonyl (C=O) groups excluding carboxylic acids is 3. The molecule has 7 nitrogen and oxygen atoms in total. The zero-order valence-corrected chi connectivity index (χ0v) is 19.0. The summed E-state index contributed by atoms with van der Waals surface area (Å²) in [5, 5.41) is 2.88. The molecule has 2 heterocycles. The Balaban J connectivity index is 1.36. The number of hydrogen-bond donors (Lipinski definition) is 2. The number of aryl methyl sites for hydroxylation is 2. The Labute approximate surface area is 193 Å². The summed E-state index contributed by atoms with van der Waals surface area (Å²) in [6.45, 7) is 6.20. The first-order chi connectivity index (χ1) is 15.8. The van der Waals surface area contributed by atoms with E-state index in [0.29, 0.717) is 17.8 Å². The lowest BCUT2D eigenvalue weighted by atomic mass is 10.1. The van der Waals surface area contributed by atoms with Crippen molar-refractivity contribution in [2.45, 2.75) is 33.2 Å². The summed E-state index contributed by atoms with van der Waals surface area (Å²) in [7, 11) is 0. The van der Waals surface area contributed by atoms with Crippen LogP contribution >= 0.6 is 0 Å². The number of likely N-dealkylation sites (tertiary alicyclic amines) is 1. The summed E-state index contributed by atoms with van der Waals surface area (Å²) in [6.07, 6.45) is 0.194. The summed E-state index contributed by atoms with van der Waals surface area (Å²) in [5.41, 5.74) is 6.86. The van der Waals surface area contributed by atoms with Crippen molar-refractivity contribution in [1.29, 1.82) is 0 Å². The zero-order valence-electron chi connectivity index (χ0n) is 19.0. The second-order valence-electron chi connectivity index (χ2n) is 8.49. The summed E-state index contributed by atoms with van der Waals surface area (Å²) in [4.78, 5) is 39.7. The van der Waals surface area contributed by atoms with Gasteiger partial charge < -0.3 is 10.2 Å². The number of carbonyl (C=O) groups is 3.